The van der Waals surface area contributed by atoms with E-state index in [0.29, 0.717) is 0 Å². The summed E-state index contributed by atoms with van der Waals surface area (Å²) in [6.07, 6.45) is 2.26. The minimum absolute atomic E-state index is 1.13. The highest BCUT2D eigenvalue weighted by Gasteiger charge is 1.94. The summed E-state index contributed by atoms with van der Waals surface area (Å²) in [5.74, 6) is 0. The quantitative estimate of drug-likeness (QED) is 0.704. The van der Waals surface area contributed by atoms with E-state index in [1.54, 1.807) is 0 Å². The summed E-state index contributed by atoms with van der Waals surface area (Å²) < 4.78 is 0. The lowest BCUT2D eigenvalue weighted by Gasteiger charge is -2.02. The van der Waals surface area contributed by atoms with E-state index in [9.17, 15) is 0 Å². The van der Waals surface area contributed by atoms with Crippen LogP contribution in [0.25, 0.3) is 0 Å². The van der Waals surface area contributed by atoms with Crippen LogP contribution in [-0.2, 0) is 12.8 Å². The maximum absolute atomic E-state index is 2.22. The SMILES string of the molecule is CC.Cc1ccc(CCc2ccccc2)cc1. The van der Waals surface area contributed by atoms with E-state index in [-0.39, 0.29) is 0 Å². The van der Waals surface area contributed by atoms with Crippen molar-refractivity contribution in [1.29, 1.82) is 0 Å². The van der Waals surface area contributed by atoms with Crippen LogP contribution in [0, 0.1) is 6.92 Å². The van der Waals surface area contributed by atoms with Crippen LogP contribution in [0.15, 0.2) is 54.6 Å². The molecular formula is C17H22. The molecule has 0 fully saturated rings. The molecule has 0 N–H and O–H groups in total. The molecule has 0 heterocycles. The molecule has 2 rings (SSSR count). The maximum Gasteiger partial charge on any atom is -0.0238 e. The fourth-order valence-electron chi connectivity index (χ4n) is 1.69. The summed E-state index contributed by atoms with van der Waals surface area (Å²) in [5.41, 5.74) is 4.17. The lowest BCUT2D eigenvalue weighted by Crippen LogP contribution is -1.90. The van der Waals surface area contributed by atoms with Gasteiger partial charge in [-0.1, -0.05) is 74.0 Å². The van der Waals surface area contributed by atoms with Crippen molar-refractivity contribution in [2.45, 2.75) is 33.6 Å². The van der Waals surface area contributed by atoms with Crippen molar-refractivity contribution in [3.63, 3.8) is 0 Å². The minimum Gasteiger partial charge on any atom is -0.0683 e. The average molecular weight is 226 g/mol. The molecule has 0 amide bonds. The highest BCUT2D eigenvalue weighted by molar-refractivity contribution is 5.23. The highest BCUT2D eigenvalue weighted by Crippen LogP contribution is 2.08. The van der Waals surface area contributed by atoms with E-state index in [1.165, 1.54) is 16.7 Å². The van der Waals surface area contributed by atoms with Crippen molar-refractivity contribution in [2.24, 2.45) is 0 Å². The molecule has 0 atom stereocenters. The number of hydrogen-bond donors (Lipinski definition) is 0. The summed E-state index contributed by atoms with van der Waals surface area (Å²) in [7, 11) is 0. The van der Waals surface area contributed by atoms with Crippen LogP contribution in [0.1, 0.15) is 30.5 Å². The Morgan fingerprint density at radius 3 is 1.65 bits per heavy atom. The monoisotopic (exact) mass is 226 g/mol. The first-order valence-electron chi connectivity index (χ1n) is 6.44. The first-order chi connectivity index (χ1) is 8.34. The third-order valence-corrected chi connectivity index (χ3v) is 2.67. The fraction of sp³-hybridized carbons (Fsp3) is 0.294. The molecule has 0 unspecified atom stereocenters. The Morgan fingerprint density at radius 2 is 1.12 bits per heavy atom. The summed E-state index contributed by atoms with van der Waals surface area (Å²) in [5, 5.41) is 0. The molecule has 0 aliphatic rings. The van der Waals surface area contributed by atoms with Gasteiger partial charge in [-0.3, -0.25) is 0 Å². The Bertz CT molecular complexity index is 398. The zero-order valence-corrected chi connectivity index (χ0v) is 11.1. The maximum atomic E-state index is 2.22. The smallest absolute Gasteiger partial charge is 0.0238 e. The van der Waals surface area contributed by atoms with E-state index in [1.807, 2.05) is 13.8 Å². The molecule has 0 aliphatic heterocycles. The lowest BCUT2D eigenvalue weighted by molar-refractivity contribution is 0.959. The van der Waals surface area contributed by atoms with E-state index >= 15 is 0 Å². The van der Waals surface area contributed by atoms with Crippen molar-refractivity contribution in [3.8, 4) is 0 Å². The van der Waals surface area contributed by atoms with Gasteiger partial charge in [0.15, 0.2) is 0 Å². The van der Waals surface area contributed by atoms with Gasteiger partial charge in [0.25, 0.3) is 0 Å². The van der Waals surface area contributed by atoms with Crippen LogP contribution < -0.4 is 0 Å². The Morgan fingerprint density at radius 1 is 0.647 bits per heavy atom. The number of rotatable bonds is 3. The Balaban J connectivity index is 0.000000686. The standard InChI is InChI=1S/C15H16.C2H6/c1-13-7-9-15(10-8-13)12-11-14-5-3-2-4-6-14;1-2/h2-10H,11-12H2,1H3;1-2H3. The third-order valence-electron chi connectivity index (χ3n) is 2.67. The van der Waals surface area contributed by atoms with E-state index in [0.717, 1.165) is 12.8 Å². The first-order valence-corrected chi connectivity index (χ1v) is 6.44. The molecule has 0 nitrogen and oxygen atoms in total. The summed E-state index contributed by atoms with van der Waals surface area (Å²) in [6, 6.07) is 19.4. The van der Waals surface area contributed by atoms with Crippen molar-refractivity contribution in [3.05, 3.63) is 71.3 Å². The van der Waals surface area contributed by atoms with Gasteiger partial charge in [0.1, 0.15) is 0 Å². The second-order valence-electron chi connectivity index (χ2n) is 3.97. The molecule has 2 aromatic carbocycles. The molecule has 0 bridgehead atoms. The largest absolute Gasteiger partial charge is 0.0683 e. The molecule has 0 aliphatic carbocycles. The molecule has 0 radical (unpaired) electrons. The van der Waals surface area contributed by atoms with Crippen LogP contribution >= 0.6 is 0 Å². The van der Waals surface area contributed by atoms with Gasteiger partial charge < -0.3 is 0 Å². The van der Waals surface area contributed by atoms with E-state index < -0.39 is 0 Å². The van der Waals surface area contributed by atoms with Crippen molar-refractivity contribution >= 4 is 0 Å². The van der Waals surface area contributed by atoms with Crippen molar-refractivity contribution in [2.75, 3.05) is 0 Å². The number of aryl methyl sites for hydroxylation is 3. The second-order valence-corrected chi connectivity index (χ2v) is 3.97. The van der Waals surface area contributed by atoms with Gasteiger partial charge in [0.2, 0.25) is 0 Å². The van der Waals surface area contributed by atoms with Gasteiger partial charge in [0, 0.05) is 0 Å². The third kappa shape index (κ3) is 4.86. The zero-order valence-electron chi connectivity index (χ0n) is 11.1. The number of benzene rings is 2. The normalized spacial score (nSPS) is 9.35. The fourth-order valence-corrected chi connectivity index (χ4v) is 1.69. The predicted molar refractivity (Wildman–Crippen MR) is 76.4 cm³/mol. The molecular weight excluding hydrogens is 204 g/mol. The summed E-state index contributed by atoms with van der Waals surface area (Å²) in [4.78, 5) is 0. The Kier molecular flexibility index (Phi) is 6.09. The van der Waals surface area contributed by atoms with Gasteiger partial charge in [-0.15, -0.1) is 0 Å². The van der Waals surface area contributed by atoms with E-state index in [4.69, 9.17) is 0 Å². The van der Waals surface area contributed by atoms with Crippen molar-refractivity contribution in [1.82, 2.24) is 0 Å². The second kappa shape index (κ2) is 7.67. The highest BCUT2D eigenvalue weighted by atomic mass is 14.0. The Labute approximate surface area is 105 Å². The summed E-state index contributed by atoms with van der Waals surface area (Å²) in [6.45, 7) is 6.13. The molecule has 2 aromatic rings. The van der Waals surface area contributed by atoms with Crippen LogP contribution in [0.5, 0.6) is 0 Å². The molecule has 0 saturated heterocycles. The van der Waals surface area contributed by atoms with Crippen LogP contribution in [0.2, 0.25) is 0 Å². The van der Waals surface area contributed by atoms with Crippen LogP contribution in [0.4, 0.5) is 0 Å². The Hall–Kier alpha value is -1.56. The molecule has 0 spiro atoms. The van der Waals surface area contributed by atoms with Gasteiger partial charge in [-0.05, 0) is 30.9 Å². The van der Waals surface area contributed by atoms with Gasteiger partial charge in [-0.25, -0.2) is 0 Å². The number of hydrogen-bond acceptors (Lipinski definition) is 0. The lowest BCUT2D eigenvalue weighted by atomic mass is 10.0. The molecule has 0 saturated carbocycles. The molecule has 17 heavy (non-hydrogen) atoms. The van der Waals surface area contributed by atoms with Gasteiger partial charge in [0.05, 0.1) is 0 Å². The first kappa shape index (κ1) is 13.5. The summed E-state index contributed by atoms with van der Waals surface area (Å²) >= 11 is 0. The molecule has 90 valence electrons. The van der Waals surface area contributed by atoms with E-state index in [2.05, 4.69) is 61.5 Å². The zero-order chi connectivity index (χ0) is 12.5. The van der Waals surface area contributed by atoms with Gasteiger partial charge in [-0.2, -0.15) is 0 Å². The minimum atomic E-state index is 1.13. The van der Waals surface area contributed by atoms with Crippen molar-refractivity contribution < 1.29 is 0 Å². The molecule has 0 aromatic heterocycles. The topological polar surface area (TPSA) is 0 Å². The predicted octanol–water partition coefficient (Wildman–Crippen LogP) is 4.81. The average Bonchev–Trinajstić information content (AvgIpc) is 2.42. The van der Waals surface area contributed by atoms with Crippen LogP contribution in [0.3, 0.4) is 0 Å². The molecule has 0 heteroatoms. The van der Waals surface area contributed by atoms with Crippen LogP contribution in [-0.4, -0.2) is 0 Å². The van der Waals surface area contributed by atoms with Gasteiger partial charge >= 0.3 is 0 Å².